The average molecular weight is 331 g/mol. The molecule has 0 atom stereocenters. The van der Waals surface area contributed by atoms with Crippen molar-refractivity contribution in [2.75, 3.05) is 4.72 Å². The van der Waals surface area contributed by atoms with Gasteiger partial charge in [-0.05, 0) is 24.3 Å². The summed E-state index contributed by atoms with van der Waals surface area (Å²) in [5, 5.41) is 9.07. The molecule has 2 rings (SSSR count). The molecule has 2 aromatic rings. The first kappa shape index (κ1) is 15.2. The third-order valence-corrected chi connectivity index (χ3v) is 4.03. The molecule has 0 bridgehead atoms. The van der Waals surface area contributed by atoms with Gasteiger partial charge in [-0.3, -0.25) is 4.72 Å². The number of carboxylic acids is 1. The molecule has 0 saturated carbocycles. The molecule has 1 heterocycles. The molecule has 0 radical (unpaired) electrons. The second kappa shape index (κ2) is 5.66. The van der Waals surface area contributed by atoms with Crippen molar-refractivity contribution in [2.24, 2.45) is 0 Å². The SMILES string of the molecule is O=C(O)c1cc(S(=O)(=O)Nc2cc(Cl)ccn2)ccc1F. The van der Waals surface area contributed by atoms with E-state index in [-0.39, 0.29) is 10.8 Å². The number of pyridine rings is 1. The lowest BCUT2D eigenvalue weighted by Crippen LogP contribution is -2.15. The lowest BCUT2D eigenvalue weighted by molar-refractivity contribution is 0.0691. The van der Waals surface area contributed by atoms with Gasteiger partial charge in [-0.15, -0.1) is 0 Å². The molecule has 9 heteroatoms. The molecule has 0 aliphatic heterocycles. The van der Waals surface area contributed by atoms with E-state index in [1.807, 2.05) is 0 Å². The fourth-order valence-corrected chi connectivity index (χ4v) is 2.68. The smallest absolute Gasteiger partial charge is 0.338 e. The number of halogens is 2. The molecule has 0 unspecified atom stereocenters. The zero-order valence-electron chi connectivity index (χ0n) is 10.2. The van der Waals surface area contributed by atoms with Crippen molar-refractivity contribution in [2.45, 2.75) is 4.90 Å². The fourth-order valence-electron chi connectivity index (χ4n) is 1.49. The summed E-state index contributed by atoms with van der Waals surface area (Å²) in [6.07, 6.45) is 1.30. The van der Waals surface area contributed by atoms with Crippen molar-refractivity contribution in [1.29, 1.82) is 0 Å². The summed E-state index contributed by atoms with van der Waals surface area (Å²) < 4.78 is 39.6. The van der Waals surface area contributed by atoms with Gasteiger partial charge in [0.1, 0.15) is 11.6 Å². The van der Waals surface area contributed by atoms with Crippen molar-refractivity contribution in [1.82, 2.24) is 4.98 Å². The van der Waals surface area contributed by atoms with Crippen molar-refractivity contribution in [3.05, 3.63) is 52.9 Å². The summed E-state index contributed by atoms with van der Waals surface area (Å²) in [6.45, 7) is 0. The predicted octanol–water partition coefficient (Wildman–Crippen LogP) is 2.37. The number of hydrogen-bond acceptors (Lipinski definition) is 4. The minimum absolute atomic E-state index is 0.0382. The third kappa shape index (κ3) is 3.47. The number of anilines is 1. The molecule has 21 heavy (non-hydrogen) atoms. The van der Waals surface area contributed by atoms with Crippen LogP contribution in [0.15, 0.2) is 41.4 Å². The summed E-state index contributed by atoms with van der Waals surface area (Å²) >= 11 is 5.71. The molecule has 0 aliphatic rings. The Kier molecular flexibility index (Phi) is 4.10. The van der Waals surface area contributed by atoms with Gasteiger partial charge >= 0.3 is 5.97 Å². The highest BCUT2D eigenvalue weighted by atomic mass is 35.5. The minimum atomic E-state index is -4.10. The highest BCUT2D eigenvalue weighted by Crippen LogP contribution is 2.19. The van der Waals surface area contributed by atoms with Crippen LogP contribution in [0.25, 0.3) is 0 Å². The van der Waals surface area contributed by atoms with E-state index in [1.54, 1.807) is 0 Å². The van der Waals surface area contributed by atoms with E-state index in [9.17, 15) is 17.6 Å². The van der Waals surface area contributed by atoms with Crippen LogP contribution in [0.4, 0.5) is 10.2 Å². The van der Waals surface area contributed by atoms with Gasteiger partial charge in [0.15, 0.2) is 0 Å². The Hall–Kier alpha value is -2.19. The van der Waals surface area contributed by atoms with Gasteiger partial charge < -0.3 is 5.11 Å². The number of sulfonamides is 1. The number of aromatic nitrogens is 1. The van der Waals surface area contributed by atoms with Crippen LogP contribution in [-0.4, -0.2) is 24.5 Å². The van der Waals surface area contributed by atoms with Crippen molar-refractivity contribution in [3.63, 3.8) is 0 Å². The normalized spacial score (nSPS) is 11.1. The summed E-state index contributed by atoms with van der Waals surface area (Å²) in [5.74, 6) is -2.63. The Bertz CT molecular complexity index is 811. The van der Waals surface area contributed by atoms with Crippen LogP contribution in [0.5, 0.6) is 0 Å². The van der Waals surface area contributed by atoms with Crippen LogP contribution >= 0.6 is 11.6 Å². The summed E-state index contributed by atoms with van der Waals surface area (Å²) in [7, 11) is -4.10. The van der Waals surface area contributed by atoms with Gasteiger partial charge in [0.2, 0.25) is 0 Å². The van der Waals surface area contributed by atoms with E-state index in [0.29, 0.717) is 0 Å². The molecule has 1 aromatic carbocycles. The molecule has 110 valence electrons. The number of carbonyl (C=O) groups is 1. The minimum Gasteiger partial charge on any atom is -0.478 e. The largest absolute Gasteiger partial charge is 0.478 e. The highest BCUT2D eigenvalue weighted by molar-refractivity contribution is 7.92. The second-order valence-electron chi connectivity index (χ2n) is 3.91. The zero-order chi connectivity index (χ0) is 15.6. The molecule has 0 aliphatic carbocycles. The topological polar surface area (TPSA) is 96.4 Å². The maximum atomic E-state index is 13.3. The van der Waals surface area contributed by atoms with Gasteiger partial charge in [0, 0.05) is 17.3 Å². The second-order valence-corrected chi connectivity index (χ2v) is 6.03. The third-order valence-electron chi connectivity index (χ3n) is 2.44. The first-order valence-corrected chi connectivity index (χ1v) is 7.33. The quantitative estimate of drug-likeness (QED) is 0.897. The van der Waals surface area contributed by atoms with Crippen LogP contribution < -0.4 is 4.72 Å². The Labute approximate surface area is 124 Å². The van der Waals surface area contributed by atoms with Crippen molar-refractivity contribution < 1.29 is 22.7 Å². The number of nitrogens with zero attached hydrogens (tertiary/aromatic N) is 1. The Morgan fingerprint density at radius 2 is 2.00 bits per heavy atom. The molecule has 0 spiro atoms. The number of rotatable bonds is 4. The monoisotopic (exact) mass is 330 g/mol. The lowest BCUT2D eigenvalue weighted by Gasteiger charge is -2.08. The van der Waals surface area contributed by atoms with E-state index in [1.165, 1.54) is 18.3 Å². The summed E-state index contributed by atoms with van der Waals surface area (Å²) in [4.78, 5) is 14.2. The first-order valence-electron chi connectivity index (χ1n) is 5.47. The molecular formula is C12H8ClFN2O4S. The molecule has 1 aromatic heterocycles. The maximum absolute atomic E-state index is 13.3. The maximum Gasteiger partial charge on any atom is 0.338 e. The van der Waals surface area contributed by atoms with Gasteiger partial charge in [0.25, 0.3) is 10.0 Å². The summed E-state index contributed by atoms with van der Waals surface area (Å²) in [6, 6.07) is 5.18. The molecule has 0 fully saturated rings. The van der Waals surface area contributed by atoms with E-state index < -0.39 is 32.3 Å². The standard InChI is InChI=1S/C12H8ClFN2O4S/c13-7-3-4-15-11(5-7)16-21(19,20)8-1-2-10(14)9(6-8)12(17)18/h1-6H,(H,15,16)(H,17,18). The average Bonchev–Trinajstić information content (AvgIpc) is 2.38. The van der Waals surface area contributed by atoms with Crippen molar-refractivity contribution >= 4 is 33.4 Å². The van der Waals surface area contributed by atoms with Crippen LogP contribution in [0.1, 0.15) is 10.4 Å². The zero-order valence-corrected chi connectivity index (χ0v) is 11.8. The van der Waals surface area contributed by atoms with E-state index in [2.05, 4.69) is 9.71 Å². The molecule has 0 amide bonds. The molecule has 6 nitrogen and oxygen atoms in total. The van der Waals surface area contributed by atoms with Crippen molar-refractivity contribution in [3.8, 4) is 0 Å². The molecule has 2 N–H and O–H groups in total. The van der Waals surface area contributed by atoms with Gasteiger partial charge in [0.05, 0.1) is 10.5 Å². The number of aromatic carboxylic acids is 1. The first-order chi connectivity index (χ1) is 9.79. The van der Waals surface area contributed by atoms with Crippen LogP contribution in [0.2, 0.25) is 5.02 Å². The van der Waals surface area contributed by atoms with E-state index in [4.69, 9.17) is 16.7 Å². The lowest BCUT2D eigenvalue weighted by atomic mass is 10.2. The number of carboxylic acid groups (broad SMARTS) is 1. The number of hydrogen-bond donors (Lipinski definition) is 2. The van der Waals surface area contributed by atoms with Crippen LogP contribution in [0, 0.1) is 5.82 Å². The Morgan fingerprint density at radius 3 is 2.62 bits per heavy atom. The predicted molar refractivity (Wildman–Crippen MR) is 73.4 cm³/mol. The number of nitrogens with one attached hydrogen (secondary N) is 1. The highest BCUT2D eigenvalue weighted by Gasteiger charge is 2.19. The van der Waals surface area contributed by atoms with Gasteiger partial charge in [-0.25, -0.2) is 22.6 Å². The van der Waals surface area contributed by atoms with E-state index >= 15 is 0 Å². The molecule has 0 saturated heterocycles. The van der Waals surface area contributed by atoms with Crippen LogP contribution in [0.3, 0.4) is 0 Å². The van der Waals surface area contributed by atoms with E-state index in [0.717, 1.165) is 18.2 Å². The Morgan fingerprint density at radius 1 is 1.29 bits per heavy atom. The van der Waals surface area contributed by atoms with Crippen LogP contribution in [-0.2, 0) is 10.0 Å². The van der Waals surface area contributed by atoms with Gasteiger partial charge in [-0.1, -0.05) is 11.6 Å². The number of benzene rings is 1. The fraction of sp³-hybridized carbons (Fsp3) is 0. The summed E-state index contributed by atoms with van der Waals surface area (Å²) in [5.41, 5.74) is -0.739. The van der Waals surface area contributed by atoms with Gasteiger partial charge in [-0.2, -0.15) is 0 Å². The molecular weight excluding hydrogens is 323 g/mol. The Balaban J connectivity index is 2.40.